The van der Waals surface area contributed by atoms with Crippen molar-refractivity contribution in [3.63, 3.8) is 0 Å². The predicted octanol–water partition coefficient (Wildman–Crippen LogP) is 2.76. The van der Waals surface area contributed by atoms with E-state index in [0.717, 1.165) is 11.3 Å². The molecular weight excluding hydrogens is 254 g/mol. The summed E-state index contributed by atoms with van der Waals surface area (Å²) in [5.41, 5.74) is 1.04. The van der Waals surface area contributed by atoms with Crippen molar-refractivity contribution in [2.24, 2.45) is 5.92 Å². The number of hydrogen-bond acceptors (Lipinski definition) is 4. The fourth-order valence-electron chi connectivity index (χ4n) is 1.96. The van der Waals surface area contributed by atoms with Crippen LogP contribution in [0.4, 0.5) is 0 Å². The van der Waals surface area contributed by atoms with Crippen LogP contribution in [0.5, 0.6) is 5.75 Å². The van der Waals surface area contributed by atoms with Gasteiger partial charge in [0.2, 0.25) is 0 Å². The zero-order valence-corrected chi connectivity index (χ0v) is 13.0. The van der Waals surface area contributed by atoms with Crippen LogP contribution < -0.4 is 10.1 Å². The molecule has 0 amide bonds. The molecule has 0 spiro atoms. The highest BCUT2D eigenvalue weighted by atomic mass is 16.5. The van der Waals surface area contributed by atoms with Gasteiger partial charge in [0.1, 0.15) is 11.8 Å². The molecule has 0 fully saturated rings. The number of carbonyl (C=O) groups is 1. The molecule has 0 aliphatic rings. The number of rotatable bonds is 7. The van der Waals surface area contributed by atoms with Crippen LogP contribution in [0.3, 0.4) is 0 Å². The second-order valence-electron chi connectivity index (χ2n) is 5.40. The average molecular weight is 279 g/mol. The van der Waals surface area contributed by atoms with Crippen LogP contribution in [-0.4, -0.2) is 25.2 Å². The monoisotopic (exact) mass is 279 g/mol. The fourth-order valence-corrected chi connectivity index (χ4v) is 1.96. The van der Waals surface area contributed by atoms with Gasteiger partial charge >= 0.3 is 5.97 Å². The number of hydrogen-bond donors (Lipinski definition) is 1. The molecule has 112 valence electrons. The number of benzene rings is 1. The molecule has 4 nitrogen and oxygen atoms in total. The Bertz CT molecular complexity index is 429. The van der Waals surface area contributed by atoms with E-state index in [9.17, 15) is 4.79 Å². The largest absolute Gasteiger partial charge is 0.491 e. The molecule has 1 N–H and O–H groups in total. The summed E-state index contributed by atoms with van der Waals surface area (Å²) < 4.78 is 10.6. The molecule has 0 aromatic heterocycles. The minimum atomic E-state index is -0.313. The molecule has 0 aliphatic heterocycles. The molecule has 4 heteroatoms. The van der Waals surface area contributed by atoms with Gasteiger partial charge in [-0.05, 0) is 25.8 Å². The zero-order chi connectivity index (χ0) is 15.1. The lowest BCUT2D eigenvalue weighted by Crippen LogP contribution is -2.41. The van der Waals surface area contributed by atoms with Gasteiger partial charge in [-0.1, -0.05) is 32.0 Å². The zero-order valence-electron chi connectivity index (χ0n) is 13.0. The Balaban J connectivity index is 2.75. The van der Waals surface area contributed by atoms with Crippen LogP contribution in [0, 0.1) is 5.92 Å². The molecule has 1 rings (SSSR count). The smallest absolute Gasteiger partial charge is 0.323 e. The molecule has 1 atom stereocenters. The summed E-state index contributed by atoms with van der Waals surface area (Å²) in [5.74, 6) is 0.783. The summed E-state index contributed by atoms with van der Waals surface area (Å²) in [4.78, 5) is 11.7. The lowest BCUT2D eigenvalue weighted by molar-refractivity contribution is -0.144. The third-order valence-electron chi connectivity index (χ3n) is 2.97. The molecular formula is C16H25NO3. The lowest BCUT2D eigenvalue weighted by Gasteiger charge is -2.21. The molecule has 0 bridgehead atoms. The summed E-state index contributed by atoms with van der Waals surface area (Å²) in [5, 5.41) is 3.25. The maximum atomic E-state index is 11.7. The van der Waals surface area contributed by atoms with Gasteiger partial charge in [0.15, 0.2) is 0 Å². The Morgan fingerprint density at radius 2 is 1.85 bits per heavy atom. The summed E-state index contributed by atoms with van der Waals surface area (Å²) in [6, 6.07) is 7.54. The van der Waals surface area contributed by atoms with Gasteiger partial charge in [-0.3, -0.25) is 10.1 Å². The van der Waals surface area contributed by atoms with E-state index in [1.165, 1.54) is 7.11 Å². The van der Waals surface area contributed by atoms with Crippen LogP contribution in [-0.2, 0) is 16.1 Å². The summed E-state index contributed by atoms with van der Waals surface area (Å²) >= 11 is 0. The van der Waals surface area contributed by atoms with Crippen molar-refractivity contribution in [3.8, 4) is 5.75 Å². The highest BCUT2D eigenvalue weighted by Crippen LogP contribution is 2.19. The summed E-state index contributed by atoms with van der Waals surface area (Å²) in [6.07, 6.45) is 0.123. The number of para-hydroxylation sites is 1. The number of ether oxygens (including phenoxy) is 2. The van der Waals surface area contributed by atoms with Crippen LogP contribution in [0.2, 0.25) is 0 Å². The first kappa shape index (κ1) is 16.5. The highest BCUT2D eigenvalue weighted by Gasteiger charge is 2.22. The van der Waals surface area contributed by atoms with Crippen molar-refractivity contribution in [2.45, 2.75) is 46.4 Å². The van der Waals surface area contributed by atoms with Crippen molar-refractivity contribution in [1.82, 2.24) is 5.32 Å². The average Bonchev–Trinajstić information content (AvgIpc) is 2.39. The molecule has 0 saturated heterocycles. The first-order chi connectivity index (χ1) is 9.45. The Morgan fingerprint density at radius 1 is 1.20 bits per heavy atom. The third-order valence-corrected chi connectivity index (χ3v) is 2.97. The van der Waals surface area contributed by atoms with E-state index in [1.807, 2.05) is 52.0 Å². The van der Waals surface area contributed by atoms with Gasteiger partial charge in [-0.2, -0.15) is 0 Å². The van der Waals surface area contributed by atoms with Crippen molar-refractivity contribution in [2.75, 3.05) is 7.11 Å². The molecule has 1 aromatic rings. The van der Waals surface area contributed by atoms with E-state index in [-0.39, 0.29) is 24.0 Å². The van der Waals surface area contributed by atoms with Crippen LogP contribution in [0.15, 0.2) is 24.3 Å². The molecule has 0 radical (unpaired) electrons. The quantitative estimate of drug-likeness (QED) is 0.780. The van der Waals surface area contributed by atoms with Crippen LogP contribution in [0.1, 0.15) is 33.3 Å². The van der Waals surface area contributed by atoms with Gasteiger partial charge in [0.25, 0.3) is 0 Å². The van der Waals surface area contributed by atoms with E-state index >= 15 is 0 Å². The van der Waals surface area contributed by atoms with E-state index in [0.29, 0.717) is 6.54 Å². The van der Waals surface area contributed by atoms with Crippen molar-refractivity contribution in [3.05, 3.63) is 29.8 Å². The van der Waals surface area contributed by atoms with Crippen molar-refractivity contribution < 1.29 is 14.3 Å². The van der Waals surface area contributed by atoms with Gasteiger partial charge in [0.05, 0.1) is 13.2 Å². The maximum Gasteiger partial charge on any atom is 0.323 e. The third kappa shape index (κ3) is 4.85. The second kappa shape index (κ2) is 7.90. The topological polar surface area (TPSA) is 47.6 Å². The van der Waals surface area contributed by atoms with E-state index in [2.05, 4.69) is 5.32 Å². The highest BCUT2D eigenvalue weighted by molar-refractivity contribution is 5.75. The number of esters is 1. The number of nitrogens with one attached hydrogen (secondary N) is 1. The molecule has 0 saturated carbocycles. The molecule has 0 aliphatic carbocycles. The fraction of sp³-hybridized carbons (Fsp3) is 0.562. The molecule has 1 aromatic carbocycles. The second-order valence-corrected chi connectivity index (χ2v) is 5.40. The minimum absolute atomic E-state index is 0.123. The van der Waals surface area contributed by atoms with Gasteiger partial charge in [0, 0.05) is 12.1 Å². The number of carbonyl (C=O) groups excluding carboxylic acids is 1. The normalized spacial score (nSPS) is 12.6. The van der Waals surface area contributed by atoms with Crippen LogP contribution >= 0.6 is 0 Å². The van der Waals surface area contributed by atoms with E-state index in [1.54, 1.807) is 0 Å². The Morgan fingerprint density at radius 3 is 2.40 bits per heavy atom. The number of methoxy groups -OCH3 is 1. The Hall–Kier alpha value is -1.55. The first-order valence-electron chi connectivity index (χ1n) is 7.01. The van der Waals surface area contributed by atoms with E-state index in [4.69, 9.17) is 9.47 Å². The first-order valence-corrected chi connectivity index (χ1v) is 7.01. The van der Waals surface area contributed by atoms with Crippen molar-refractivity contribution >= 4 is 5.97 Å². The Kier molecular flexibility index (Phi) is 6.52. The van der Waals surface area contributed by atoms with E-state index < -0.39 is 0 Å². The maximum absolute atomic E-state index is 11.7. The lowest BCUT2D eigenvalue weighted by atomic mass is 10.0. The molecule has 20 heavy (non-hydrogen) atoms. The SMILES string of the molecule is COC(=O)C(NCc1ccccc1OC(C)C)C(C)C. The van der Waals surface area contributed by atoms with Gasteiger partial charge in [-0.25, -0.2) is 0 Å². The van der Waals surface area contributed by atoms with Crippen LogP contribution in [0.25, 0.3) is 0 Å². The minimum Gasteiger partial charge on any atom is -0.491 e. The Labute approximate surface area is 121 Å². The van der Waals surface area contributed by atoms with Gasteiger partial charge < -0.3 is 9.47 Å². The van der Waals surface area contributed by atoms with Crippen molar-refractivity contribution in [1.29, 1.82) is 0 Å². The molecule has 0 heterocycles. The predicted molar refractivity (Wildman–Crippen MR) is 79.7 cm³/mol. The molecule has 1 unspecified atom stereocenters. The standard InChI is InChI=1S/C16H25NO3/c1-11(2)15(16(18)19-5)17-10-13-8-6-7-9-14(13)20-12(3)4/h6-9,11-12,15,17H,10H2,1-5H3. The van der Waals surface area contributed by atoms with Gasteiger partial charge in [-0.15, -0.1) is 0 Å². The summed E-state index contributed by atoms with van der Waals surface area (Å²) in [6.45, 7) is 8.54. The summed E-state index contributed by atoms with van der Waals surface area (Å²) in [7, 11) is 1.41.